The lowest BCUT2D eigenvalue weighted by Gasteiger charge is -2.21. The molecule has 0 fully saturated rings. The van der Waals surface area contributed by atoms with E-state index in [1.54, 1.807) is 6.07 Å². The summed E-state index contributed by atoms with van der Waals surface area (Å²) in [4.78, 5) is 1.93. The molecule has 3 N–H and O–H groups in total. The minimum Gasteiger partial charge on any atom is -0.492 e. The Morgan fingerprint density at radius 2 is 2.20 bits per heavy atom. The lowest BCUT2D eigenvalue weighted by atomic mass is 10.2. The molecule has 0 aliphatic rings. The fourth-order valence-electron chi connectivity index (χ4n) is 1.39. The fraction of sp³-hybridized carbons (Fsp3) is 0.455. The monoisotopic (exact) mass is 210 g/mol. The molecule has 0 bridgehead atoms. The number of nitrogens with zero attached hydrogens (tertiary/aromatic N) is 1. The maximum absolute atomic E-state index is 8.87. The van der Waals surface area contributed by atoms with Crippen molar-refractivity contribution in [2.45, 2.75) is 6.92 Å². The van der Waals surface area contributed by atoms with Crippen LogP contribution in [0, 0.1) is 0 Å². The second-order valence-corrected chi connectivity index (χ2v) is 3.31. The molecule has 0 saturated carbocycles. The summed E-state index contributed by atoms with van der Waals surface area (Å²) in [5.74, 6) is 0.758. The summed E-state index contributed by atoms with van der Waals surface area (Å²) in [7, 11) is 1.91. The maximum Gasteiger partial charge on any atom is 0.144 e. The molecule has 1 aromatic rings. The van der Waals surface area contributed by atoms with Gasteiger partial charge in [-0.25, -0.2) is 0 Å². The summed E-state index contributed by atoms with van der Waals surface area (Å²) in [5.41, 5.74) is 7.31. The first-order valence-corrected chi connectivity index (χ1v) is 5.03. The van der Waals surface area contributed by atoms with Gasteiger partial charge in [-0.15, -0.1) is 0 Å². The summed E-state index contributed by atoms with van der Waals surface area (Å²) in [6.45, 7) is 3.22. The van der Waals surface area contributed by atoms with Gasteiger partial charge in [-0.05, 0) is 19.1 Å². The number of hydrogen-bond acceptors (Lipinski definition) is 4. The lowest BCUT2D eigenvalue weighted by Crippen LogP contribution is -2.21. The number of likely N-dealkylation sites (N-methyl/N-ethyl adjacent to an activating group) is 1. The first-order valence-electron chi connectivity index (χ1n) is 5.03. The van der Waals surface area contributed by atoms with Crippen LogP contribution in [-0.4, -0.2) is 31.9 Å². The minimum atomic E-state index is 0.118. The largest absolute Gasteiger partial charge is 0.492 e. The number of benzene rings is 1. The third-order valence-electron chi connectivity index (χ3n) is 2.13. The molecule has 1 aromatic carbocycles. The molecule has 0 aliphatic carbocycles. The molecule has 0 atom stereocenters. The van der Waals surface area contributed by atoms with Crippen molar-refractivity contribution in [1.29, 1.82) is 0 Å². The molecule has 84 valence electrons. The van der Waals surface area contributed by atoms with E-state index in [4.69, 9.17) is 15.6 Å². The van der Waals surface area contributed by atoms with Crippen molar-refractivity contribution in [3.8, 4) is 5.75 Å². The van der Waals surface area contributed by atoms with Crippen LogP contribution in [0.15, 0.2) is 18.2 Å². The Balaban J connectivity index is 2.93. The summed E-state index contributed by atoms with van der Waals surface area (Å²) >= 11 is 0. The Bertz CT molecular complexity index is 315. The standard InChI is InChI=1S/C11H18N2O2/c1-3-15-11-8-9(12)4-5-10(11)13(2)6-7-14/h4-5,8,14H,3,6-7,12H2,1-2H3. The molecule has 1 rings (SSSR count). The molecular formula is C11H18N2O2. The van der Waals surface area contributed by atoms with E-state index in [1.807, 2.05) is 31.0 Å². The van der Waals surface area contributed by atoms with Crippen LogP contribution in [-0.2, 0) is 0 Å². The predicted octanol–water partition coefficient (Wildman–Crippen LogP) is 1.10. The average molecular weight is 210 g/mol. The molecule has 0 saturated heterocycles. The number of aliphatic hydroxyl groups is 1. The van der Waals surface area contributed by atoms with E-state index in [0.29, 0.717) is 18.8 Å². The van der Waals surface area contributed by atoms with Crippen molar-refractivity contribution in [3.05, 3.63) is 18.2 Å². The molecular weight excluding hydrogens is 192 g/mol. The molecule has 0 aliphatic heterocycles. The van der Waals surface area contributed by atoms with E-state index in [0.717, 1.165) is 11.4 Å². The predicted molar refractivity (Wildman–Crippen MR) is 62.4 cm³/mol. The smallest absolute Gasteiger partial charge is 0.144 e. The zero-order valence-electron chi connectivity index (χ0n) is 9.23. The number of anilines is 2. The van der Waals surface area contributed by atoms with Crippen LogP contribution in [0.2, 0.25) is 0 Å². The Morgan fingerprint density at radius 1 is 1.47 bits per heavy atom. The zero-order chi connectivity index (χ0) is 11.3. The van der Waals surface area contributed by atoms with E-state index in [2.05, 4.69) is 0 Å². The molecule has 15 heavy (non-hydrogen) atoms. The van der Waals surface area contributed by atoms with Gasteiger partial charge in [0, 0.05) is 25.3 Å². The number of ether oxygens (including phenoxy) is 1. The second kappa shape index (κ2) is 5.46. The fourth-order valence-corrected chi connectivity index (χ4v) is 1.39. The first kappa shape index (κ1) is 11.7. The van der Waals surface area contributed by atoms with Gasteiger partial charge in [-0.1, -0.05) is 0 Å². The Kier molecular flexibility index (Phi) is 4.24. The molecule has 0 spiro atoms. The number of nitrogens with two attached hydrogens (primary N) is 1. The second-order valence-electron chi connectivity index (χ2n) is 3.31. The van der Waals surface area contributed by atoms with Crippen LogP contribution in [0.3, 0.4) is 0 Å². The minimum absolute atomic E-state index is 0.118. The molecule has 4 nitrogen and oxygen atoms in total. The lowest BCUT2D eigenvalue weighted by molar-refractivity contribution is 0.302. The van der Waals surface area contributed by atoms with Gasteiger partial charge >= 0.3 is 0 Å². The van der Waals surface area contributed by atoms with E-state index >= 15 is 0 Å². The zero-order valence-corrected chi connectivity index (χ0v) is 9.23. The molecule has 0 amide bonds. The summed E-state index contributed by atoms with van der Waals surface area (Å²) < 4.78 is 5.48. The highest BCUT2D eigenvalue weighted by molar-refractivity contribution is 5.63. The van der Waals surface area contributed by atoms with Gasteiger partial charge in [0.2, 0.25) is 0 Å². The van der Waals surface area contributed by atoms with Crippen molar-refractivity contribution in [2.24, 2.45) is 0 Å². The van der Waals surface area contributed by atoms with Gasteiger partial charge in [0.05, 0.1) is 18.9 Å². The van der Waals surface area contributed by atoms with Crippen LogP contribution >= 0.6 is 0 Å². The van der Waals surface area contributed by atoms with E-state index < -0.39 is 0 Å². The number of aliphatic hydroxyl groups excluding tert-OH is 1. The third kappa shape index (κ3) is 3.02. The summed E-state index contributed by atoms with van der Waals surface area (Å²) in [6.07, 6.45) is 0. The topological polar surface area (TPSA) is 58.7 Å². The van der Waals surface area contributed by atoms with Crippen molar-refractivity contribution in [3.63, 3.8) is 0 Å². The van der Waals surface area contributed by atoms with Crippen molar-refractivity contribution < 1.29 is 9.84 Å². The Morgan fingerprint density at radius 3 is 2.80 bits per heavy atom. The number of nitrogen functional groups attached to an aromatic ring is 1. The van der Waals surface area contributed by atoms with E-state index in [1.165, 1.54) is 0 Å². The highest BCUT2D eigenvalue weighted by Crippen LogP contribution is 2.29. The summed E-state index contributed by atoms with van der Waals surface area (Å²) in [6, 6.07) is 5.52. The Hall–Kier alpha value is -1.42. The number of rotatable bonds is 5. The first-order chi connectivity index (χ1) is 7.19. The normalized spacial score (nSPS) is 10.1. The van der Waals surface area contributed by atoms with E-state index in [-0.39, 0.29) is 6.61 Å². The SMILES string of the molecule is CCOc1cc(N)ccc1N(C)CCO. The molecule has 0 radical (unpaired) electrons. The molecule has 4 heteroatoms. The van der Waals surface area contributed by atoms with Crippen LogP contribution < -0.4 is 15.4 Å². The maximum atomic E-state index is 8.87. The summed E-state index contributed by atoms with van der Waals surface area (Å²) in [5, 5.41) is 8.87. The van der Waals surface area contributed by atoms with Crippen molar-refractivity contribution in [2.75, 3.05) is 37.4 Å². The van der Waals surface area contributed by atoms with Gasteiger partial charge in [-0.3, -0.25) is 0 Å². The molecule has 0 aromatic heterocycles. The van der Waals surface area contributed by atoms with Gasteiger partial charge in [0.15, 0.2) is 0 Å². The van der Waals surface area contributed by atoms with Crippen LogP contribution in [0.1, 0.15) is 6.92 Å². The van der Waals surface area contributed by atoms with Crippen LogP contribution in [0.4, 0.5) is 11.4 Å². The van der Waals surface area contributed by atoms with Gasteiger partial charge < -0.3 is 20.5 Å². The van der Waals surface area contributed by atoms with Gasteiger partial charge in [0.25, 0.3) is 0 Å². The van der Waals surface area contributed by atoms with Crippen LogP contribution in [0.25, 0.3) is 0 Å². The van der Waals surface area contributed by atoms with Gasteiger partial charge in [0.1, 0.15) is 5.75 Å². The van der Waals surface area contributed by atoms with Crippen molar-refractivity contribution >= 4 is 11.4 Å². The average Bonchev–Trinajstić information content (AvgIpc) is 2.18. The molecule has 0 unspecified atom stereocenters. The van der Waals surface area contributed by atoms with Gasteiger partial charge in [-0.2, -0.15) is 0 Å². The molecule has 0 heterocycles. The quantitative estimate of drug-likeness (QED) is 0.714. The van der Waals surface area contributed by atoms with E-state index in [9.17, 15) is 0 Å². The Labute approximate surface area is 90.3 Å². The van der Waals surface area contributed by atoms with Crippen LogP contribution in [0.5, 0.6) is 5.75 Å². The highest BCUT2D eigenvalue weighted by Gasteiger charge is 2.08. The highest BCUT2D eigenvalue weighted by atomic mass is 16.5. The number of hydrogen-bond donors (Lipinski definition) is 2. The third-order valence-corrected chi connectivity index (χ3v) is 2.13. The van der Waals surface area contributed by atoms with Crippen molar-refractivity contribution in [1.82, 2.24) is 0 Å².